The van der Waals surface area contributed by atoms with E-state index in [2.05, 4.69) is 17.3 Å². The minimum Gasteiger partial charge on any atom is -0.478 e. The van der Waals surface area contributed by atoms with E-state index in [-0.39, 0.29) is 0 Å². The molecule has 2 rings (SSSR count). The molecule has 0 radical (unpaired) electrons. The van der Waals surface area contributed by atoms with E-state index in [1.807, 2.05) is 13.0 Å². The second-order valence-electron chi connectivity index (χ2n) is 5.08. The maximum Gasteiger partial charge on any atom is 0.335 e. The van der Waals surface area contributed by atoms with Gasteiger partial charge >= 0.3 is 5.97 Å². The second kappa shape index (κ2) is 5.40. The number of rotatable bonds is 3. The van der Waals surface area contributed by atoms with Crippen molar-refractivity contribution in [2.24, 2.45) is 0 Å². The van der Waals surface area contributed by atoms with Crippen LogP contribution in [0.5, 0.6) is 0 Å². The first kappa shape index (κ1) is 12.9. The van der Waals surface area contributed by atoms with E-state index < -0.39 is 5.97 Å². The van der Waals surface area contributed by atoms with Crippen molar-refractivity contribution < 1.29 is 9.90 Å². The Hall–Kier alpha value is -1.55. The number of likely N-dealkylation sites (N-methyl/N-ethyl adjacent to an activating group) is 1. The molecule has 1 saturated heterocycles. The second-order valence-corrected chi connectivity index (χ2v) is 5.08. The number of aromatic carboxylic acids is 1. The first-order valence-corrected chi connectivity index (χ1v) is 6.35. The van der Waals surface area contributed by atoms with E-state index in [1.54, 1.807) is 12.1 Å². The number of carboxylic acid groups (broad SMARTS) is 1. The molecule has 1 fully saturated rings. The molecule has 18 heavy (non-hydrogen) atoms. The van der Waals surface area contributed by atoms with Crippen molar-refractivity contribution >= 4 is 11.7 Å². The minimum absolute atomic E-state index is 0.346. The lowest BCUT2D eigenvalue weighted by Crippen LogP contribution is -2.39. The Morgan fingerprint density at radius 2 is 2.28 bits per heavy atom. The summed E-state index contributed by atoms with van der Waals surface area (Å²) in [5, 5.41) is 12.4. The molecule has 4 heteroatoms. The molecule has 1 atom stereocenters. The molecule has 4 nitrogen and oxygen atoms in total. The lowest BCUT2D eigenvalue weighted by molar-refractivity contribution is 0.0697. The molecular formula is C14H20N2O2. The average molecular weight is 248 g/mol. The van der Waals surface area contributed by atoms with Crippen LogP contribution in [-0.2, 0) is 0 Å². The van der Waals surface area contributed by atoms with Crippen LogP contribution in [-0.4, -0.2) is 42.2 Å². The molecule has 1 unspecified atom stereocenters. The summed E-state index contributed by atoms with van der Waals surface area (Å²) in [5.41, 5.74) is 2.38. The SMILES string of the molecule is Cc1cc(C(=O)O)ccc1NC1CCCN(C)C1. The average Bonchev–Trinajstić information content (AvgIpc) is 2.31. The molecule has 0 aliphatic carbocycles. The molecule has 98 valence electrons. The summed E-state index contributed by atoms with van der Waals surface area (Å²) in [7, 11) is 2.13. The van der Waals surface area contributed by atoms with Crippen molar-refractivity contribution in [3.63, 3.8) is 0 Å². The van der Waals surface area contributed by atoms with Crippen molar-refractivity contribution in [1.29, 1.82) is 0 Å². The van der Waals surface area contributed by atoms with Gasteiger partial charge in [0.25, 0.3) is 0 Å². The summed E-state index contributed by atoms with van der Waals surface area (Å²) in [6.07, 6.45) is 2.38. The summed E-state index contributed by atoms with van der Waals surface area (Å²) in [6.45, 7) is 4.15. The van der Waals surface area contributed by atoms with Crippen LogP contribution >= 0.6 is 0 Å². The van der Waals surface area contributed by atoms with Crippen LogP contribution in [0.1, 0.15) is 28.8 Å². The zero-order chi connectivity index (χ0) is 13.1. The molecule has 0 saturated carbocycles. The number of carbonyl (C=O) groups is 1. The van der Waals surface area contributed by atoms with E-state index in [0.717, 1.165) is 24.3 Å². The number of anilines is 1. The zero-order valence-electron chi connectivity index (χ0n) is 10.9. The van der Waals surface area contributed by atoms with Crippen LogP contribution in [0, 0.1) is 6.92 Å². The number of hydrogen-bond acceptors (Lipinski definition) is 3. The number of benzene rings is 1. The lowest BCUT2D eigenvalue weighted by atomic mass is 10.0. The lowest BCUT2D eigenvalue weighted by Gasteiger charge is -2.31. The highest BCUT2D eigenvalue weighted by Gasteiger charge is 2.17. The van der Waals surface area contributed by atoms with E-state index in [1.165, 1.54) is 12.8 Å². The Bertz CT molecular complexity index is 445. The molecular weight excluding hydrogens is 228 g/mol. The van der Waals surface area contributed by atoms with Gasteiger partial charge in [0.1, 0.15) is 0 Å². The van der Waals surface area contributed by atoms with Gasteiger partial charge in [0.15, 0.2) is 0 Å². The first-order valence-electron chi connectivity index (χ1n) is 6.35. The zero-order valence-corrected chi connectivity index (χ0v) is 10.9. The Balaban J connectivity index is 2.07. The standard InChI is InChI=1S/C14H20N2O2/c1-10-8-11(14(17)18)5-6-13(10)15-12-4-3-7-16(2)9-12/h5-6,8,12,15H,3-4,7,9H2,1-2H3,(H,17,18). The number of carboxylic acids is 1. The minimum atomic E-state index is -0.873. The van der Waals surface area contributed by atoms with Crippen molar-refractivity contribution in [2.45, 2.75) is 25.8 Å². The number of aryl methyl sites for hydroxylation is 1. The van der Waals surface area contributed by atoms with Gasteiger partial charge < -0.3 is 15.3 Å². The number of likely N-dealkylation sites (tertiary alicyclic amines) is 1. The molecule has 0 spiro atoms. The van der Waals surface area contributed by atoms with Crippen LogP contribution in [0.2, 0.25) is 0 Å². The molecule has 2 N–H and O–H groups in total. The quantitative estimate of drug-likeness (QED) is 0.861. The summed E-state index contributed by atoms with van der Waals surface area (Å²) >= 11 is 0. The topological polar surface area (TPSA) is 52.6 Å². The highest BCUT2D eigenvalue weighted by atomic mass is 16.4. The van der Waals surface area contributed by atoms with Crippen molar-refractivity contribution in [3.05, 3.63) is 29.3 Å². The predicted octanol–water partition coefficient (Wildman–Crippen LogP) is 2.20. The van der Waals surface area contributed by atoms with Gasteiger partial charge in [-0.15, -0.1) is 0 Å². The third-order valence-corrected chi connectivity index (χ3v) is 3.46. The summed E-state index contributed by atoms with van der Waals surface area (Å²) in [5.74, 6) is -0.873. The fourth-order valence-electron chi connectivity index (χ4n) is 2.46. The van der Waals surface area contributed by atoms with Gasteiger partial charge in [0.2, 0.25) is 0 Å². The fraction of sp³-hybridized carbons (Fsp3) is 0.500. The van der Waals surface area contributed by atoms with Gasteiger partial charge in [-0.2, -0.15) is 0 Å². The third-order valence-electron chi connectivity index (χ3n) is 3.46. The fourth-order valence-corrected chi connectivity index (χ4v) is 2.46. The van der Waals surface area contributed by atoms with E-state index >= 15 is 0 Å². The van der Waals surface area contributed by atoms with E-state index in [9.17, 15) is 4.79 Å². The highest BCUT2D eigenvalue weighted by Crippen LogP contribution is 2.20. The highest BCUT2D eigenvalue weighted by molar-refractivity contribution is 5.88. The molecule has 0 amide bonds. The molecule has 1 aromatic rings. The normalized spacial score (nSPS) is 20.7. The van der Waals surface area contributed by atoms with Crippen LogP contribution in [0.3, 0.4) is 0 Å². The van der Waals surface area contributed by atoms with Crippen LogP contribution in [0.4, 0.5) is 5.69 Å². The van der Waals surface area contributed by atoms with Gasteiger partial charge in [-0.3, -0.25) is 0 Å². The Morgan fingerprint density at radius 1 is 1.50 bits per heavy atom. The van der Waals surface area contributed by atoms with E-state index in [4.69, 9.17) is 5.11 Å². The van der Waals surface area contributed by atoms with Gasteiger partial charge in [-0.25, -0.2) is 4.79 Å². The van der Waals surface area contributed by atoms with Gasteiger partial charge in [-0.1, -0.05) is 0 Å². The molecule has 1 aliphatic rings. The van der Waals surface area contributed by atoms with Crippen LogP contribution in [0.15, 0.2) is 18.2 Å². The number of piperidine rings is 1. The van der Waals surface area contributed by atoms with Gasteiger partial charge in [-0.05, 0) is 57.1 Å². The Kier molecular flexibility index (Phi) is 3.87. The molecule has 1 aliphatic heterocycles. The molecule has 0 bridgehead atoms. The Morgan fingerprint density at radius 3 is 2.89 bits per heavy atom. The van der Waals surface area contributed by atoms with Gasteiger partial charge in [0.05, 0.1) is 5.56 Å². The predicted molar refractivity (Wildman–Crippen MR) is 72.3 cm³/mol. The summed E-state index contributed by atoms with van der Waals surface area (Å²) in [6, 6.07) is 5.70. The van der Waals surface area contributed by atoms with Crippen molar-refractivity contribution in [1.82, 2.24) is 4.90 Å². The van der Waals surface area contributed by atoms with Gasteiger partial charge in [0, 0.05) is 18.3 Å². The van der Waals surface area contributed by atoms with Crippen LogP contribution in [0.25, 0.3) is 0 Å². The summed E-state index contributed by atoms with van der Waals surface area (Å²) < 4.78 is 0. The largest absolute Gasteiger partial charge is 0.478 e. The van der Waals surface area contributed by atoms with E-state index in [0.29, 0.717) is 11.6 Å². The maximum absolute atomic E-state index is 10.9. The third kappa shape index (κ3) is 3.01. The monoisotopic (exact) mass is 248 g/mol. The van der Waals surface area contributed by atoms with Crippen molar-refractivity contribution in [3.8, 4) is 0 Å². The van der Waals surface area contributed by atoms with Crippen LogP contribution < -0.4 is 5.32 Å². The first-order chi connectivity index (χ1) is 8.56. The number of nitrogens with one attached hydrogen (secondary N) is 1. The number of nitrogens with zero attached hydrogens (tertiary/aromatic N) is 1. The molecule has 0 aromatic heterocycles. The number of hydrogen-bond donors (Lipinski definition) is 2. The Labute approximate surface area is 108 Å². The smallest absolute Gasteiger partial charge is 0.335 e. The summed E-state index contributed by atoms with van der Waals surface area (Å²) in [4.78, 5) is 13.2. The molecule has 1 aromatic carbocycles. The molecule has 1 heterocycles. The van der Waals surface area contributed by atoms with Crippen molar-refractivity contribution in [2.75, 3.05) is 25.5 Å². The maximum atomic E-state index is 10.9.